The molecule has 2 nitrogen and oxygen atoms in total. The van der Waals surface area contributed by atoms with E-state index in [1.807, 2.05) is 44.2 Å². The number of aryl methyl sites for hydroxylation is 1. The molecule has 2 aromatic carbocycles. The molecule has 1 N–H and O–H groups in total. The Kier molecular flexibility index (Phi) is 11.3. The third kappa shape index (κ3) is 8.54. The van der Waals surface area contributed by atoms with E-state index in [1.165, 1.54) is 18.4 Å². The van der Waals surface area contributed by atoms with Gasteiger partial charge < -0.3 is 5.32 Å². The van der Waals surface area contributed by atoms with E-state index in [4.69, 9.17) is 4.99 Å². The maximum Gasteiger partial charge on any atom is 0.132 e. The van der Waals surface area contributed by atoms with Gasteiger partial charge >= 0.3 is 0 Å². The minimum absolute atomic E-state index is 0.834. The lowest BCUT2D eigenvalue weighted by atomic mass is 10.1. The molecule has 0 aliphatic heterocycles. The monoisotopic (exact) mass is 362 g/mol. The molecule has 2 aromatic rings. The second-order valence-electron chi connectivity index (χ2n) is 6.15. The average molecular weight is 363 g/mol. The van der Waals surface area contributed by atoms with Gasteiger partial charge in [-0.15, -0.1) is 0 Å². The fourth-order valence-corrected chi connectivity index (χ4v) is 2.54. The third-order valence-corrected chi connectivity index (χ3v) is 3.99. The van der Waals surface area contributed by atoms with Crippen LogP contribution in [0.1, 0.15) is 56.7 Å². The number of allylic oxidation sites excluding steroid dienone is 1. The van der Waals surface area contributed by atoms with Crippen molar-refractivity contribution in [3.63, 3.8) is 0 Å². The van der Waals surface area contributed by atoms with Crippen LogP contribution in [0.25, 0.3) is 6.08 Å². The summed E-state index contributed by atoms with van der Waals surface area (Å²) in [6, 6.07) is 18.6. The van der Waals surface area contributed by atoms with E-state index in [1.54, 1.807) is 0 Å². The molecule has 0 fully saturated rings. The Morgan fingerprint density at radius 2 is 1.67 bits per heavy atom. The number of nitrogens with zero attached hydrogens (tertiary/aromatic N) is 1. The van der Waals surface area contributed by atoms with E-state index >= 15 is 0 Å². The first kappa shape index (κ1) is 22.4. The molecule has 0 aliphatic carbocycles. The second kappa shape index (κ2) is 13.6. The number of aliphatic imine (C=N–C) groups is 1. The van der Waals surface area contributed by atoms with Gasteiger partial charge in [-0.3, -0.25) is 4.99 Å². The van der Waals surface area contributed by atoms with Crippen LogP contribution in [-0.4, -0.2) is 12.4 Å². The molecule has 0 spiro atoms. The van der Waals surface area contributed by atoms with Crippen molar-refractivity contribution in [1.29, 1.82) is 0 Å². The highest BCUT2D eigenvalue weighted by Gasteiger charge is 2.06. The molecule has 0 unspecified atom stereocenters. The van der Waals surface area contributed by atoms with Crippen molar-refractivity contribution in [3.05, 3.63) is 89.6 Å². The summed E-state index contributed by atoms with van der Waals surface area (Å²) in [5.41, 5.74) is 4.33. The van der Waals surface area contributed by atoms with Crippen molar-refractivity contribution >= 4 is 11.9 Å². The zero-order valence-corrected chi connectivity index (χ0v) is 17.3. The molecule has 0 aliphatic rings. The topological polar surface area (TPSA) is 24.4 Å². The molecule has 0 bridgehead atoms. The lowest BCUT2D eigenvalue weighted by Gasteiger charge is -2.13. The van der Waals surface area contributed by atoms with E-state index in [0.29, 0.717) is 0 Å². The number of amidine groups is 1. The van der Waals surface area contributed by atoms with E-state index in [-0.39, 0.29) is 0 Å². The van der Waals surface area contributed by atoms with Crippen molar-refractivity contribution in [2.75, 3.05) is 6.54 Å². The summed E-state index contributed by atoms with van der Waals surface area (Å²) in [5.74, 6) is 0.900. The molecule has 27 heavy (non-hydrogen) atoms. The molecule has 2 rings (SSSR count). The smallest absolute Gasteiger partial charge is 0.132 e. The van der Waals surface area contributed by atoms with Crippen LogP contribution < -0.4 is 5.32 Å². The highest BCUT2D eigenvalue weighted by Crippen LogP contribution is 2.10. The largest absolute Gasteiger partial charge is 0.341 e. The Morgan fingerprint density at radius 3 is 2.33 bits per heavy atom. The van der Waals surface area contributed by atoms with Crippen molar-refractivity contribution in [3.8, 4) is 0 Å². The van der Waals surface area contributed by atoms with Crippen LogP contribution in [0, 0.1) is 6.92 Å². The van der Waals surface area contributed by atoms with Gasteiger partial charge in [0.2, 0.25) is 0 Å². The van der Waals surface area contributed by atoms with Gasteiger partial charge in [0.1, 0.15) is 5.84 Å². The lowest BCUT2D eigenvalue weighted by Crippen LogP contribution is -2.24. The number of nitrogens with one attached hydrogen (secondary N) is 1. The zero-order chi connectivity index (χ0) is 19.9. The Labute approximate surface area is 165 Å². The lowest BCUT2D eigenvalue weighted by molar-refractivity contribution is 0.727. The predicted octanol–water partition coefficient (Wildman–Crippen LogP) is 6.77. The third-order valence-electron chi connectivity index (χ3n) is 3.99. The summed E-state index contributed by atoms with van der Waals surface area (Å²) in [5, 5.41) is 3.39. The van der Waals surface area contributed by atoms with Gasteiger partial charge in [-0.25, -0.2) is 0 Å². The molecule has 0 saturated carbocycles. The van der Waals surface area contributed by atoms with Crippen LogP contribution >= 0.6 is 0 Å². The summed E-state index contributed by atoms with van der Waals surface area (Å²) in [6.45, 7) is 13.3. The average Bonchev–Trinajstić information content (AvgIpc) is 2.71. The van der Waals surface area contributed by atoms with E-state index in [9.17, 15) is 0 Å². The van der Waals surface area contributed by atoms with E-state index < -0.39 is 0 Å². The van der Waals surface area contributed by atoms with Gasteiger partial charge in [0, 0.05) is 17.8 Å². The summed E-state index contributed by atoms with van der Waals surface area (Å²) >= 11 is 0. The Morgan fingerprint density at radius 1 is 1.00 bits per heavy atom. The molecule has 0 atom stereocenters. The highest BCUT2D eigenvalue weighted by atomic mass is 15.0. The summed E-state index contributed by atoms with van der Waals surface area (Å²) in [4.78, 5) is 4.80. The van der Waals surface area contributed by atoms with Crippen LogP contribution in [-0.2, 0) is 0 Å². The van der Waals surface area contributed by atoms with Gasteiger partial charge in [0.25, 0.3) is 0 Å². The highest BCUT2D eigenvalue weighted by molar-refractivity contribution is 6.01. The Hall–Kier alpha value is -2.61. The number of hydrogen-bond acceptors (Lipinski definition) is 1. The second-order valence-corrected chi connectivity index (χ2v) is 6.15. The van der Waals surface area contributed by atoms with Crippen LogP contribution in [0.15, 0.2) is 77.9 Å². The molecule has 0 aromatic heterocycles. The van der Waals surface area contributed by atoms with Crippen LogP contribution in [0.4, 0.5) is 0 Å². The van der Waals surface area contributed by atoms with E-state index in [2.05, 4.69) is 62.2 Å². The molecule has 2 heteroatoms. The van der Waals surface area contributed by atoms with Gasteiger partial charge in [0.15, 0.2) is 0 Å². The molecule has 0 heterocycles. The predicted molar refractivity (Wildman–Crippen MR) is 121 cm³/mol. The summed E-state index contributed by atoms with van der Waals surface area (Å²) in [6.07, 6.45) is 7.57. The van der Waals surface area contributed by atoms with Crippen molar-refractivity contribution in [2.45, 2.75) is 47.0 Å². The minimum atomic E-state index is 0.834. The molecule has 0 radical (unpaired) electrons. The number of rotatable bonds is 8. The van der Waals surface area contributed by atoms with Gasteiger partial charge in [-0.1, -0.05) is 101 Å². The van der Waals surface area contributed by atoms with Crippen LogP contribution in [0.5, 0.6) is 0 Å². The van der Waals surface area contributed by atoms with Gasteiger partial charge in [-0.05, 0) is 30.5 Å². The standard InChI is InChI=1S/C23H28N2.C2H6/c1-4-5-11-18-24-23(22-15-10-9-12-19(22)2)25-20(3)16-17-21-13-7-6-8-14-21;1-2/h6-10,12-17H,3-5,11,18H2,1-2H3,(H,24,25);1-2H3/b17-16+;. The number of hydrogen-bond donors (Lipinski definition) is 1. The fourth-order valence-electron chi connectivity index (χ4n) is 2.54. The molecular formula is C25H34N2. The summed E-state index contributed by atoms with van der Waals surface area (Å²) in [7, 11) is 0. The molecular weight excluding hydrogens is 328 g/mol. The van der Waals surface area contributed by atoms with Crippen molar-refractivity contribution in [2.24, 2.45) is 4.99 Å². The zero-order valence-electron chi connectivity index (χ0n) is 17.3. The first-order valence-electron chi connectivity index (χ1n) is 10.00. The van der Waals surface area contributed by atoms with Gasteiger partial charge in [-0.2, -0.15) is 0 Å². The SMILES string of the molecule is C=C(/C=C/c1ccccc1)NC(=NCCCCC)c1ccccc1C.CC. The van der Waals surface area contributed by atoms with E-state index in [0.717, 1.165) is 35.6 Å². The maximum atomic E-state index is 4.80. The first-order valence-corrected chi connectivity index (χ1v) is 10.00. The molecule has 0 saturated heterocycles. The normalized spacial score (nSPS) is 11.0. The Bertz CT molecular complexity index is 727. The van der Waals surface area contributed by atoms with Crippen LogP contribution in [0.2, 0.25) is 0 Å². The maximum absolute atomic E-state index is 4.80. The Balaban J connectivity index is 0.00000176. The van der Waals surface area contributed by atoms with Crippen molar-refractivity contribution in [1.82, 2.24) is 5.32 Å². The van der Waals surface area contributed by atoms with Crippen LogP contribution in [0.3, 0.4) is 0 Å². The molecule has 144 valence electrons. The fraction of sp³-hybridized carbons (Fsp3) is 0.320. The number of benzene rings is 2. The van der Waals surface area contributed by atoms with Crippen molar-refractivity contribution < 1.29 is 0 Å². The summed E-state index contributed by atoms with van der Waals surface area (Å²) < 4.78 is 0. The van der Waals surface area contributed by atoms with Gasteiger partial charge in [0.05, 0.1) is 0 Å². The quantitative estimate of drug-likeness (QED) is 0.238. The minimum Gasteiger partial charge on any atom is -0.341 e. The molecule has 0 amide bonds. The number of unbranched alkanes of at least 4 members (excludes halogenated alkanes) is 2. The first-order chi connectivity index (χ1) is 13.2.